The maximum absolute atomic E-state index is 12.6. The van der Waals surface area contributed by atoms with E-state index in [1.54, 1.807) is 19.1 Å². The highest BCUT2D eigenvalue weighted by atomic mass is 16.5. The lowest BCUT2D eigenvalue weighted by molar-refractivity contribution is -0.131. The van der Waals surface area contributed by atoms with Gasteiger partial charge in [-0.2, -0.15) is 4.98 Å². The fraction of sp³-hybridized carbons (Fsp3) is 0.150. The first kappa shape index (κ1) is 16.1. The number of aromatic nitrogens is 2. The molecule has 0 aliphatic carbocycles. The third-order valence-electron chi connectivity index (χ3n) is 4.22. The average Bonchev–Trinajstić information content (AvgIpc) is 2.59. The molecule has 2 heterocycles. The molecule has 0 spiro atoms. The topological polar surface area (TPSA) is 81.3 Å². The second-order valence-electron chi connectivity index (χ2n) is 6.11. The minimum absolute atomic E-state index is 0.226. The molecule has 130 valence electrons. The molecule has 6 heteroatoms. The molecule has 6 nitrogen and oxygen atoms in total. The van der Waals surface area contributed by atoms with Crippen LogP contribution in [0.4, 0.5) is 0 Å². The summed E-state index contributed by atoms with van der Waals surface area (Å²) in [7, 11) is 0. The first-order chi connectivity index (χ1) is 12.5. The number of carbonyl (C=O) groups excluding carboxylic acids is 1. The van der Waals surface area contributed by atoms with Crippen molar-refractivity contribution in [3.8, 4) is 17.4 Å². The summed E-state index contributed by atoms with van der Waals surface area (Å²) in [4.78, 5) is 31.0. The summed E-state index contributed by atoms with van der Waals surface area (Å²) in [6, 6.07) is 14.8. The van der Waals surface area contributed by atoms with Crippen LogP contribution in [-0.2, 0) is 4.79 Å². The first-order valence-electron chi connectivity index (χ1n) is 8.19. The lowest BCUT2D eigenvalue weighted by Gasteiger charge is -2.27. The van der Waals surface area contributed by atoms with Crippen LogP contribution in [0.1, 0.15) is 35.4 Å². The monoisotopic (exact) mass is 348 g/mol. The van der Waals surface area contributed by atoms with E-state index in [2.05, 4.69) is 9.97 Å². The number of benzene rings is 2. The van der Waals surface area contributed by atoms with Gasteiger partial charge in [0.05, 0.1) is 5.56 Å². The second kappa shape index (κ2) is 6.15. The highest BCUT2D eigenvalue weighted by molar-refractivity contribution is 5.70. The lowest BCUT2D eigenvalue weighted by Crippen LogP contribution is -2.24. The Morgan fingerprint density at radius 2 is 1.96 bits per heavy atom. The number of hydrogen-bond acceptors (Lipinski definition) is 5. The fourth-order valence-corrected chi connectivity index (χ4v) is 3.22. The molecule has 0 fully saturated rings. The zero-order valence-electron chi connectivity index (χ0n) is 14.3. The Morgan fingerprint density at radius 3 is 2.69 bits per heavy atom. The Morgan fingerprint density at radius 1 is 1.19 bits per heavy atom. The molecular formula is C20H16N2O4. The van der Waals surface area contributed by atoms with E-state index >= 15 is 0 Å². The van der Waals surface area contributed by atoms with E-state index in [0.717, 1.165) is 11.1 Å². The standard InChI is InChI=1S/C20H16N2O4/c1-11-21-19(24)18-17(13-6-4-3-5-7-13)15-9-8-14(25-12(2)23)10-16(15)26-20(18)22-11/h3-10,17H,1-2H3,(H,21,22,24)/t17-/m0/s1. The van der Waals surface area contributed by atoms with E-state index in [-0.39, 0.29) is 17.4 Å². The van der Waals surface area contributed by atoms with Crippen molar-refractivity contribution in [2.75, 3.05) is 0 Å². The Balaban J connectivity index is 1.94. The van der Waals surface area contributed by atoms with Gasteiger partial charge < -0.3 is 14.5 Å². The Hall–Kier alpha value is -3.41. The highest BCUT2D eigenvalue weighted by Crippen LogP contribution is 2.46. The molecule has 0 unspecified atom stereocenters. The minimum atomic E-state index is -0.411. The number of H-pyrrole nitrogens is 1. The van der Waals surface area contributed by atoms with Crippen molar-refractivity contribution in [3.63, 3.8) is 0 Å². The molecule has 1 aliphatic rings. The summed E-state index contributed by atoms with van der Waals surface area (Å²) < 4.78 is 11.0. The van der Waals surface area contributed by atoms with Crippen LogP contribution < -0.4 is 15.0 Å². The van der Waals surface area contributed by atoms with E-state index in [9.17, 15) is 9.59 Å². The largest absolute Gasteiger partial charge is 0.438 e. The highest BCUT2D eigenvalue weighted by Gasteiger charge is 2.33. The summed E-state index contributed by atoms with van der Waals surface area (Å²) in [5.41, 5.74) is 2.01. The molecule has 0 saturated heterocycles. The molecule has 26 heavy (non-hydrogen) atoms. The van der Waals surface area contributed by atoms with Gasteiger partial charge in [-0.3, -0.25) is 9.59 Å². The lowest BCUT2D eigenvalue weighted by atomic mass is 9.84. The summed E-state index contributed by atoms with van der Waals surface area (Å²) in [6.07, 6.45) is 0. The molecule has 1 N–H and O–H groups in total. The van der Waals surface area contributed by atoms with Crippen LogP contribution in [0.2, 0.25) is 0 Å². The summed E-state index contributed by atoms with van der Waals surface area (Å²) >= 11 is 0. The number of fused-ring (bicyclic) bond motifs is 2. The van der Waals surface area contributed by atoms with Crippen LogP contribution in [0, 0.1) is 6.92 Å². The van der Waals surface area contributed by atoms with Gasteiger partial charge in [-0.25, -0.2) is 0 Å². The molecule has 3 aromatic rings. The normalized spacial score (nSPS) is 14.8. The van der Waals surface area contributed by atoms with Crippen LogP contribution in [0.5, 0.6) is 17.4 Å². The van der Waals surface area contributed by atoms with Crippen molar-refractivity contribution in [2.45, 2.75) is 19.8 Å². The molecule has 1 atom stereocenters. The van der Waals surface area contributed by atoms with Crippen molar-refractivity contribution < 1.29 is 14.3 Å². The fourth-order valence-electron chi connectivity index (χ4n) is 3.22. The van der Waals surface area contributed by atoms with Crippen LogP contribution in [0.3, 0.4) is 0 Å². The second-order valence-corrected chi connectivity index (χ2v) is 6.11. The number of esters is 1. The molecule has 0 amide bonds. The van der Waals surface area contributed by atoms with Gasteiger partial charge in [0.1, 0.15) is 17.3 Å². The van der Waals surface area contributed by atoms with Crippen molar-refractivity contribution in [1.29, 1.82) is 0 Å². The molecule has 1 aliphatic heterocycles. The first-order valence-corrected chi connectivity index (χ1v) is 8.19. The quantitative estimate of drug-likeness (QED) is 0.444. The van der Waals surface area contributed by atoms with Gasteiger partial charge in [0.25, 0.3) is 5.56 Å². The predicted molar refractivity (Wildman–Crippen MR) is 94.8 cm³/mol. The van der Waals surface area contributed by atoms with Crippen molar-refractivity contribution in [3.05, 3.63) is 81.4 Å². The Labute approximate surface area is 149 Å². The molecule has 1 aromatic heterocycles. The molecule has 0 radical (unpaired) electrons. The molecule has 4 rings (SSSR count). The van der Waals surface area contributed by atoms with Gasteiger partial charge in [0.15, 0.2) is 0 Å². The van der Waals surface area contributed by atoms with Crippen molar-refractivity contribution in [1.82, 2.24) is 9.97 Å². The summed E-state index contributed by atoms with van der Waals surface area (Å²) in [6.45, 7) is 3.04. The Kier molecular flexibility index (Phi) is 3.80. The van der Waals surface area contributed by atoms with Gasteiger partial charge in [0, 0.05) is 24.5 Å². The van der Waals surface area contributed by atoms with E-state index < -0.39 is 5.97 Å². The summed E-state index contributed by atoms with van der Waals surface area (Å²) in [5.74, 6) is 0.910. The van der Waals surface area contributed by atoms with E-state index in [4.69, 9.17) is 9.47 Å². The number of carbonyl (C=O) groups is 1. The molecule has 0 saturated carbocycles. The van der Waals surface area contributed by atoms with Gasteiger partial charge in [-0.1, -0.05) is 36.4 Å². The number of aryl methyl sites for hydroxylation is 1. The predicted octanol–water partition coefficient (Wildman–Crippen LogP) is 3.29. The smallest absolute Gasteiger partial charge is 0.308 e. The van der Waals surface area contributed by atoms with Crippen LogP contribution in [0.15, 0.2) is 53.3 Å². The van der Waals surface area contributed by atoms with Crippen LogP contribution in [0.25, 0.3) is 0 Å². The van der Waals surface area contributed by atoms with Gasteiger partial charge >= 0.3 is 5.97 Å². The van der Waals surface area contributed by atoms with Crippen LogP contribution >= 0.6 is 0 Å². The number of ether oxygens (including phenoxy) is 2. The van der Waals surface area contributed by atoms with E-state index in [1.165, 1.54) is 6.92 Å². The van der Waals surface area contributed by atoms with Gasteiger partial charge in [-0.05, 0) is 18.6 Å². The van der Waals surface area contributed by atoms with Crippen LogP contribution in [-0.4, -0.2) is 15.9 Å². The average molecular weight is 348 g/mol. The zero-order chi connectivity index (χ0) is 18.3. The van der Waals surface area contributed by atoms with E-state index in [0.29, 0.717) is 22.9 Å². The molecule has 0 bridgehead atoms. The third kappa shape index (κ3) is 2.75. The maximum Gasteiger partial charge on any atom is 0.308 e. The van der Waals surface area contributed by atoms with Gasteiger partial charge in [-0.15, -0.1) is 0 Å². The third-order valence-corrected chi connectivity index (χ3v) is 4.22. The van der Waals surface area contributed by atoms with E-state index in [1.807, 2.05) is 36.4 Å². The Bertz CT molecular complexity index is 1060. The minimum Gasteiger partial charge on any atom is -0.438 e. The van der Waals surface area contributed by atoms with Gasteiger partial charge in [0.2, 0.25) is 5.88 Å². The summed E-state index contributed by atoms with van der Waals surface area (Å²) in [5, 5.41) is 0. The molecule has 2 aromatic carbocycles. The number of hydrogen-bond donors (Lipinski definition) is 1. The molecular weight excluding hydrogens is 332 g/mol. The number of nitrogens with zero attached hydrogens (tertiary/aromatic N) is 1. The number of aromatic amines is 1. The number of nitrogens with one attached hydrogen (secondary N) is 1. The number of rotatable bonds is 2. The zero-order valence-corrected chi connectivity index (χ0v) is 14.3. The maximum atomic E-state index is 12.6. The SMILES string of the molecule is CC(=O)Oc1ccc2c(c1)Oc1nc(C)[nH]c(=O)c1[C@H]2c1ccccc1. The van der Waals surface area contributed by atoms with Crippen molar-refractivity contribution >= 4 is 5.97 Å². The van der Waals surface area contributed by atoms with Crippen molar-refractivity contribution in [2.24, 2.45) is 0 Å².